The number of carbonyl (C=O) groups is 1. The van der Waals surface area contributed by atoms with Crippen LogP contribution >= 0.6 is 11.6 Å². The molecule has 8 heteroatoms. The number of nitrogens with one attached hydrogen (secondary N) is 2. The number of aryl methyl sites for hydroxylation is 1. The molecule has 142 valence electrons. The standard InChI is InChI=1S/C19H20ClN3O3S/c1-12-5-8-15(27(25,26)23-19(2,3)4)10-16(12)18(24)22-14-7-6-13(11-21)17(20)9-14/h5-10,23H,1-4H3,(H,22,24). The van der Waals surface area contributed by atoms with Gasteiger partial charge in [-0.1, -0.05) is 17.7 Å². The molecule has 6 nitrogen and oxygen atoms in total. The monoisotopic (exact) mass is 405 g/mol. The second-order valence-corrected chi connectivity index (χ2v) is 9.18. The van der Waals surface area contributed by atoms with Crippen molar-refractivity contribution >= 4 is 33.2 Å². The van der Waals surface area contributed by atoms with Crippen LogP contribution in [-0.2, 0) is 10.0 Å². The summed E-state index contributed by atoms with van der Waals surface area (Å²) in [7, 11) is -3.77. The molecule has 0 aliphatic rings. The first-order valence-corrected chi connectivity index (χ1v) is 9.95. The van der Waals surface area contributed by atoms with Crippen molar-refractivity contribution in [1.29, 1.82) is 5.26 Å². The van der Waals surface area contributed by atoms with Crippen molar-refractivity contribution in [2.75, 3.05) is 5.32 Å². The maximum Gasteiger partial charge on any atom is 0.255 e. The largest absolute Gasteiger partial charge is 0.322 e. The first-order valence-electron chi connectivity index (χ1n) is 8.08. The summed E-state index contributed by atoms with van der Waals surface area (Å²) in [6, 6.07) is 10.8. The second kappa shape index (κ2) is 7.69. The van der Waals surface area contributed by atoms with Crippen LogP contribution in [0, 0.1) is 18.3 Å². The topological polar surface area (TPSA) is 99.1 Å². The fourth-order valence-corrected chi connectivity index (χ4v) is 4.02. The molecule has 0 fully saturated rings. The van der Waals surface area contributed by atoms with Crippen molar-refractivity contribution in [3.05, 3.63) is 58.1 Å². The van der Waals surface area contributed by atoms with E-state index in [9.17, 15) is 13.2 Å². The van der Waals surface area contributed by atoms with E-state index in [2.05, 4.69) is 10.0 Å². The minimum atomic E-state index is -3.77. The lowest BCUT2D eigenvalue weighted by Crippen LogP contribution is -2.40. The van der Waals surface area contributed by atoms with Gasteiger partial charge < -0.3 is 5.32 Å². The zero-order valence-electron chi connectivity index (χ0n) is 15.4. The van der Waals surface area contributed by atoms with Gasteiger partial charge in [0.1, 0.15) is 6.07 Å². The minimum absolute atomic E-state index is 0.00559. The number of halogens is 1. The number of sulfonamides is 1. The van der Waals surface area contributed by atoms with Gasteiger partial charge in [-0.15, -0.1) is 0 Å². The molecule has 0 radical (unpaired) electrons. The molecular formula is C19H20ClN3O3S. The van der Waals surface area contributed by atoms with Crippen LogP contribution in [0.25, 0.3) is 0 Å². The van der Waals surface area contributed by atoms with Crippen molar-refractivity contribution in [3.8, 4) is 6.07 Å². The number of nitriles is 1. The molecule has 2 aromatic carbocycles. The summed E-state index contributed by atoms with van der Waals surface area (Å²) in [5, 5.41) is 11.8. The molecule has 0 aromatic heterocycles. The highest BCUT2D eigenvalue weighted by atomic mass is 35.5. The number of anilines is 1. The molecule has 0 bridgehead atoms. The molecule has 2 N–H and O–H groups in total. The minimum Gasteiger partial charge on any atom is -0.322 e. The zero-order valence-corrected chi connectivity index (χ0v) is 17.0. The molecule has 0 saturated carbocycles. The molecule has 2 aromatic rings. The smallest absolute Gasteiger partial charge is 0.255 e. The lowest BCUT2D eigenvalue weighted by molar-refractivity contribution is 0.102. The van der Waals surface area contributed by atoms with Gasteiger partial charge >= 0.3 is 0 Å². The predicted molar refractivity (Wildman–Crippen MR) is 105 cm³/mol. The molecule has 0 aliphatic heterocycles. The highest BCUT2D eigenvalue weighted by Crippen LogP contribution is 2.22. The maximum atomic E-state index is 12.6. The summed E-state index contributed by atoms with van der Waals surface area (Å²) in [4.78, 5) is 12.6. The quantitative estimate of drug-likeness (QED) is 0.806. The van der Waals surface area contributed by atoms with E-state index in [0.29, 0.717) is 16.8 Å². The van der Waals surface area contributed by atoms with Gasteiger partial charge in [0.25, 0.3) is 5.91 Å². The molecular weight excluding hydrogens is 386 g/mol. The Bertz CT molecular complexity index is 1040. The van der Waals surface area contributed by atoms with Gasteiger partial charge in [0.05, 0.1) is 15.5 Å². The molecule has 0 spiro atoms. The molecule has 27 heavy (non-hydrogen) atoms. The van der Waals surface area contributed by atoms with Crippen LogP contribution < -0.4 is 10.0 Å². The first kappa shape index (κ1) is 20.9. The lowest BCUT2D eigenvalue weighted by Gasteiger charge is -2.20. The molecule has 0 unspecified atom stereocenters. The third-order valence-electron chi connectivity index (χ3n) is 3.55. The third-order valence-corrected chi connectivity index (χ3v) is 5.62. The number of amides is 1. The van der Waals surface area contributed by atoms with Crippen LogP contribution in [0.1, 0.15) is 42.3 Å². The van der Waals surface area contributed by atoms with Crippen LogP contribution in [0.4, 0.5) is 5.69 Å². The van der Waals surface area contributed by atoms with Crippen LogP contribution in [0.5, 0.6) is 0 Å². The number of benzene rings is 2. The number of hydrogen-bond acceptors (Lipinski definition) is 4. The van der Waals surface area contributed by atoms with Crippen molar-refractivity contribution in [3.63, 3.8) is 0 Å². The van der Waals surface area contributed by atoms with Crippen molar-refractivity contribution in [2.24, 2.45) is 0 Å². The zero-order chi connectivity index (χ0) is 20.4. The van der Waals surface area contributed by atoms with Crippen LogP contribution in [-0.4, -0.2) is 19.9 Å². The van der Waals surface area contributed by atoms with Gasteiger partial charge in [0.2, 0.25) is 10.0 Å². The van der Waals surface area contributed by atoms with Crippen LogP contribution in [0.3, 0.4) is 0 Å². The second-order valence-electron chi connectivity index (χ2n) is 7.09. The van der Waals surface area contributed by atoms with E-state index in [1.54, 1.807) is 39.8 Å². The van der Waals surface area contributed by atoms with Crippen LogP contribution in [0.2, 0.25) is 5.02 Å². The highest BCUT2D eigenvalue weighted by molar-refractivity contribution is 7.89. The maximum absolute atomic E-state index is 12.6. The fraction of sp³-hybridized carbons (Fsp3) is 0.263. The van der Waals surface area contributed by atoms with E-state index < -0.39 is 21.5 Å². The highest BCUT2D eigenvalue weighted by Gasteiger charge is 2.23. The van der Waals surface area contributed by atoms with E-state index in [0.717, 1.165) is 0 Å². The molecule has 0 atom stereocenters. The van der Waals surface area contributed by atoms with Crippen molar-refractivity contribution in [1.82, 2.24) is 4.72 Å². The number of carbonyl (C=O) groups excluding carboxylic acids is 1. The first-order chi connectivity index (χ1) is 12.4. The predicted octanol–water partition coefficient (Wildman–Crippen LogP) is 3.85. The van der Waals surface area contributed by atoms with E-state index in [4.69, 9.17) is 16.9 Å². The summed E-state index contributed by atoms with van der Waals surface area (Å²) in [6.07, 6.45) is 0. The van der Waals surface area contributed by atoms with E-state index >= 15 is 0 Å². The molecule has 2 rings (SSSR count). The summed E-state index contributed by atoms with van der Waals surface area (Å²) in [5.74, 6) is -0.471. The summed E-state index contributed by atoms with van der Waals surface area (Å²) in [6.45, 7) is 6.93. The molecule has 1 amide bonds. The number of rotatable bonds is 4. The normalized spacial score (nSPS) is 11.7. The Labute approximate surface area is 164 Å². The Morgan fingerprint density at radius 3 is 2.37 bits per heavy atom. The summed E-state index contributed by atoms with van der Waals surface area (Å²) < 4.78 is 27.6. The van der Waals surface area contributed by atoms with Gasteiger partial charge in [0.15, 0.2) is 0 Å². The Morgan fingerprint density at radius 2 is 1.81 bits per heavy atom. The van der Waals surface area contributed by atoms with Gasteiger partial charge in [-0.05, 0) is 63.6 Å². The molecule has 0 heterocycles. The van der Waals surface area contributed by atoms with E-state index in [1.807, 2.05) is 6.07 Å². The summed E-state index contributed by atoms with van der Waals surface area (Å²) >= 11 is 5.98. The summed E-state index contributed by atoms with van der Waals surface area (Å²) in [5.41, 5.74) is 0.914. The SMILES string of the molecule is Cc1ccc(S(=O)(=O)NC(C)(C)C)cc1C(=O)Nc1ccc(C#N)c(Cl)c1. The average Bonchev–Trinajstić information content (AvgIpc) is 2.53. The number of nitrogens with zero attached hydrogens (tertiary/aromatic N) is 1. The van der Waals surface area contributed by atoms with Crippen molar-refractivity contribution in [2.45, 2.75) is 38.1 Å². The van der Waals surface area contributed by atoms with E-state index in [1.165, 1.54) is 24.3 Å². The van der Waals surface area contributed by atoms with Gasteiger partial charge in [0, 0.05) is 16.8 Å². The Balaban J connectivity index is 2.34. The third kappa shape index (κ3) is 5.30. The molecule has 0 saturated heterocycles. The Hall–Kier alpha value is -2.40. The number of hydrogen-bond donors (Lipinski definition) is 2. The van der Waals surface area contributed by atoms with Crippen molar-refractivity contribution < 1.29 is 13.2 Å². The lowest BCUT2D eigenvalue weighted by atomic mass is 10.1. The Kier molecular flexibility index (Phi) is 5.95. The average molecular weight is 406 g/mol. The van der Waals surface area contributed by atoms with E-state index in [-0.39, 0.29) is 15.5 Å². The van der Waals surface area contributed by atoms with Gasteiger partial charge in [-0.25, -0.2) is 13.1 Å². The van der Waals surface area contributed by atoms with Crippen LogP contribution in [0.15, 0.2) is 41.3 Å². The Morgan fingerprint density at radius 1 is 1.15 bits per heavy atom. The van der Waals surface area contributed by atoms with Gasteiger partial charge in [-0.2, -0.15) is 5.26 Å². The fourth-order valence-electron chi connectivity index (χ4n) is 2.36. The molecule has 0 aliphatic carbocycles. The van der Waals surface area contributed by atoms with Gasteiger partial charge in [-0.3, -0.25) is 4.79 Å².